The van der Waals surface area contributed by atoms with Crippen molar-refractivity contribution in [2.24, 2.45) is 5.41 Å². The zero-order chi connectivity index (χ0) is 23.4. The highest BCUT2D eigenvalue weighted by Crippen LogP contribution is 2.31. The quantitative estimate of drug-likeness (QED) is 0.575. The van der Waals surface area contributed by atoms with Crippen LogP contribution in [0.25, 0.3) is 0 Å². The molecule has 3 heterocycles. The Morgan fingerprint density at radius 3 is 2.52 bits per heavy atom. The summed E-state index contributed by atoms with van der Waals surface area (Å²) in [5.74, 6) is 6.88. The van der Waals surface area contributed by atoms with E-state index in [1.165, 1.54) is 24.2 Å². The molecule has 2 aromatic rings. The molecular formula is C25H32N4O3S. The van der Waals surface area contributed by atoms with Gasteiger partial charge in [0.05, 0.1) is 10.6 Å². The molecule has 2 fully saturated rings. The zero-order valence-corrected chi connectivity index (χ0v) is 20.4. The van der Waals surface area contributed by atoms with Crippen molar-refractivity contribution in [2.45, 2.75) is 71.4 Å². The molecule has 2 aliphatic rings. The minimum absolute atomic E-state index is 0.101. The van der Waals surface area contributed by atoms with Crippen molar-refractivity contribution < 1.29 is 14.6 Å². The SMILES string of the molecule is CC(C)(C)C#Cc1cc(NC2CCC(Oc3ccc(N4CCCC4)nn3)CC2)c(C(=O)O)s1. The summed E-state index contributed by atoms with van der Waals surface area (Å²) in [5.41, 5.74) is 0.538. The second-order valence-corrected chi connectivity index (χ2v) is 10.9. The highest BCUT2D eigenvalue weighted by atomic mass is 32.1. The van der Waals surface area contributed by atoms with Gasteiger partial charge in [-0.05, 0) is 71.4 Å². The fourth-order valence-corrected chi connectivity index (χ4v) is 4.99. The average molecular weight is 469 g/mol. The number of carboxylic acids is 1. The molecule has 1 aliphatic carbocycles. The first kappa shape index (κ1) is 23.4. The van der Waals surface area contributed by atoms with E-state index in [0.29, 0.717) is 16.4 Å². The third kappa shape index (κ3) is 6.38. The molecule has 1 saturated heterocycles. The number of aromatic nitrogens is 2. The number of aromatic carboxylic acids is 1. The van der Waals surface area contributed by atoms with Crippen LogP contribution in [0.15, 0.2) is 18.2 Å². The molecule has 33 heavy (non-hydrogen) atoms. The van der Waals surface area contributed by atoms with Crippen molar-refractivity contribution in [2.75, 3.05) is 23.3 Å². The van der Waals surface area contributed by atoms with E-state index in [9.17, 15) is 9.90 Å². The number of carbonyl (C=O) groups is 1. The van der Waals surface area contributed by atoms with E-state index >= 15 is 0 Å². The van der Waals surface area contributed by atoms with Crippen LogP contribution in [0.4, 0.5) is 11.5 Å². The second-order valence-electron chi connectivity index (χ2n) is 9.82. The van der Waals surface area contributed by atoms with E-state index in [2.05, 4.69) is 32.3 Å². The summed E-state index contributed by atoms with van der Waals surface area (Å²) in [6, 6.07) is 5.98. The van der Waals surface area contributed by atoms with Gasteiger partial charge in [-0.3, -0.25) is 0 Å². The number of anilines is 2. The van der Waals surface area contributed by atoms with Crippen molar-refractivity contribution >= 4 is 28.8 Å². The summed E-state index contributed by atoms with van der Waals surface area (Å²) in [6.07, 6.45) is 6.10. The van der Waals surface area contributed by atoms with Crippen LogP contribution in [-0.4, -0.2) is 46.5 Å². The van der Waals surface area contributed by atoms with Gasteiger partial charge in [-0.2, -0.15) is 0 Å². The van der Waals surface area contributed by atoms with Crippen LogP contribution in [-0.2, 0) is 0 Å². The van der Waals surface area contributed by atoms with Gasteiger partial charge in [0.2, 0.25) is 5.88 Å². The minimum Gasteiger partial charge on any atom is -0.477 e. The molecule has 0 radical (unpaired) electrons. The first-order valence-electron chi connectivity index (χ1n) is 11.7. The summed E-state index contributed by atoms with van der Waals surface area (Å²) in [5, 5.41) is 21.7. The normalized spacial score (nSPS) is 20.8. The molecular weight excluding hydrogens is 436 g/mol. The Balaban J connectivity index is 1.31. The number of ether oxygens (including phenoxy) is 1. The number of rotatable bonds is 6. The fourth-order valence-electron chi connectivity index (χ4n) is 4.17. The van der Waals surface area contributed by atoms with Crippen molar-refractivity contribution in [1.29, 1.82) is 0 Å². The molecule has 0 spiro atoms. The van der Waals surface area contributed by atoms with Crippen LogP contribution in [0, 0.1) is 17.3 Å². The largest absolute Gasteiger partial charge is 0.477 e. The number of nitrogens with one attached hydrogen (secondary N) is 1. The smallest absolute Gasteiger partial charge is 0.348 e. The standard InChI is InChI=1S/C25H32N4O3S/c1-25(2,3)13-12-19-16-20(23(33-19)24(30)31)26-17-6-8-18(9-7-17)32-22-11-10-21(27-28-22)29-14-4-5-15-29/h10-11,16-18,26H,4-9,14-15H2,1-3H3,(H,30,31). The molecule has 0 atom stereocenters. The van der Waals surface area contributed by atoms with Crippen molar-refractivity contribution in [1.82, 2.24) is 10.2 Å². The van der Waals surface area contributed by atoms with Gasteiger partial charge in [0.15, 0.2) is 5.82 Å². The summed E-state index contributed by atoms with van der Waals surface area (Å²) in [4.78, 5) is 15.1. The van der Waals surface area contributed by atoms with Gasteiger partial charge in [-0.1, -0.05) is 11.8 Å². The average Bonchev–Trinajstić information content (AvgIpc) is 3.44. The molecule has 1 aliphatic heterocycles. The lowest BCUT2D eigenvalue weighted by Gasteiger charge is -2.29. The van der Waals surface area contributed by atoms with Gasteiger partial charge in [-0.15, -0.1) is 21.5 Å². The number of carboxylic acid groups (broad SMARTS) is 1. The van der Waals surface area contributed by atoms with Gasteiger partial charge in [0.1, 0.15) is 11.0 Å². The third-order valence-electron chi connectivity index (χ3n) is 5.86. The Morgan fingerprint density at radius 2 is 1.91 bits per heavy atom. The summed E-state index contributed by atoms with van der Waals surface area (Å²) in [7, 11) is 0. The van der Waals surface area contributed by atoms with E-state index in [0.717, 1.165) is 49.5 Å². The minimum atomic E-state index is -0.917. The first-order valence-corrected chi connectivity index (χ1v) is 12.5. The highest BCUT2D eigenvalue weighted by Gasteiger charge is 2.25. The summed E-state index contributed by atoms with van der Waals surface area (Å²) >= 11 is 1.23. The van der Waals surface area contributed by atoms with Gasteiger partial charge in [0.25, 0.3) is 0 Å². The Kier molecular flexibility index (Phi) is 7.08. The Hall–Kier alpha value is -2.79. The monoisotopic (exact) mass is 468 g/mol. The molecule has 4 rings (SSSR count). The maximum atomic E-state index is 11.7. The van der Waals surface area contributed by atoms with Gasteiger partial charge in [-0.25, -0.2) is 4.79 Å². The topological polar surface area (TPSA) is 87.6 Å². The Labute approximate surface area is 199 Å². The predicted molar refractivity (Wildman–Crippen MR) is 131 cm³/mol. The van der Waals surface area contributed by atoms with Crippen molar-refractivity contribution in [3.05, 3.63) is 28.0 Å². The lowest BCUT2D eigenvalue weighted by atomic mass is 9.92. The van der Waals surface area contributed by atoms with Crippen molar-refractivity contribution in [3.8, 4) is 17.7 Å². The van der Waals surface area contributed by atoms with Crippen LogP contribution in [0.3, 0.4) is 0 Å². The molecule has 0 amide bonds. The van der Waals surface area contributed by atoms with E-state index in [-0.39, 0.29) is 17.6 Å². The highest BCUT2D eigenvalue weighted by molar-refractivity contribution is 7.15. The maximum Gasteiger partial charge on any atom is 0.348 e. The lowest BCUT2D eigenvalue weighted by Crippen LogP contribution is -2.31. The number of hydrogen-bond donors (Lipinski definition) is 2. The van der Waals surface area contributed by atoms with Gasteiger partial charge < -0.3 is 20.1 Å². The molecule has 2 N–H and O–H groups in total. The Morgan fingerprint density at radius 1 is 1.18 bits per heavy atom. The number of nitrogens with zero attached hydrogens (tertiary/aromatic N) is 3. The molecule has 2 aromatic heterocycles. The maximum absolute atomic E-state index is 11.7. The Bertz CT molecular complexity index is 1020. The van der Waals surface area contributed by atoms with Crippen LogP contribution in [0.5, 0.6) is 5.88 Å². The molecule has 7 nitrogen and oxygen atoms in total. The van der Waals surface area contributed by atoms with Gasteiger partial charge >= 0.3 is 5.97 Å². The van der Waals surface area contributed by atoms with Crippen LogP contribution in [0.2, 0.25) is 0 Å². The first-order chi connectivity index (χ1) is 15.8. The van der Waals surface area contributed by atoms with E-state index in [1.54, 1.807) is 0 Å². The predicted octanol–water partition coefficient (Wildman–Crippen LogP) is 5.04. The molecule has 0 bridgehead atoms. The second kappa shape index (κ2) is 10.0. The van der Waals surface area contributed by atoms with Crippen LogP contribution < -0.4 is 15.0 Å². The van der Waals surface area contributed by atoms with Crippen LogP contribution in [0.1, 0.15) is 73.8 Å². The van der Waals surface area contributed by atoms with Crippen LogP contribution >= 0.6 is 11.3 Å². The third-order valence-corrected chi connectivity index (χ3v) is 6.90. The fraction of sp³-hybridized carbons (Fsp3) is 0.560. The number of thiophene rings is 1. The van der Waals surface area contributed by atoms with Gasteiger partial charge in [0, 0.05) is 30.6 Å². The molecule has 8 heteroatoms. The van der Waals surface area contributed by atoms with E-state index in [4.69, 9.17) is 4.74 Å². The van der Waals surface area contributed by atoms with E-state index < -0.39 is 5.97 Å². The van der Waals surface area contributed by atoms with E-state index in [1.807, 2.05) is 39.0 Å². The summed E-state index contributed by atoms with van der Waals surface area (Å²) in [6.45, 7) is 8.21. The molecule has 0 unspecified atom stereocenters. The van der Waals surface area contributed by atoms with Crippen molar-refractivity contribution in [3.63, 3.8) is 0 Å². The zero-order valence-electron chi connectivity index (χ0n) is 19.6. The molecule has 176 valence electrons. The molecule has 1 saturated carbocycles. The molecule has 0 aromatic carbocycles. The summed E-state index contributed by atoms with van der Waals surface area (Å²) < 4.78 is 6.07. The lowest BCUT2D eigenvalue weighted by molar-refractivity contribution is 0.0703. The number of hydrogen-bond acceptors (Lipinski definition) is 7.